The molecule has 0 saturated heterocycles. The molecule has 1 N–H and O–H groups in total. The van der Waals surface area contributed by atoms with Gasteiger partial charge in [0, 0.05) is 34.7 Å². The van der Waals surface area contributed by atoms with Crippen LogP contribution < -0.4 is 5.32 Å². The van der Waals surface area contributed by atoms with E-state index in [-0.39, 0.29) is 0 Å². The summed E-state index contributed by atoms with van der Waals surface area (Å²) < 4.78 is 2.57. The fourth-order valence-corrected chi connectivity index (χ4v) is 9.54. The van der Waals surface area contributed by atoms with Crippen molar-refractivity contribution in [3.05, 3.63) is 191 Å². The van der Waals surface area contributed by atoms with Gasteiger partial charge in [-0.3, -0.25) is 0 Å². The number of allylic oxidation sites excluding steroid dienone is 5. The Labute approximate surface area is 318 Å². The van der Waals surface area contributed by atoms with Crippen LogP contribution in [0.5, 0.6) is 0 Å². The maximum absolute atomic E-state index is 4.05. The predicted octanol–water partition coefficient (Wildman–Crippen LogP) is 12.6. The molecule has 0 aliphatic heterocycles. The highest BCUT2D eigenvalue weighted by molar-refractivity contribution is 6.27. The minimum absolute atomic E-state index is 0.361. The van der Waals surface area contributed by atoms with Crippen LogP contribution in [0.15, 0.2) is 152 Å². The van der Waals surface area contributed by atoms with Crippen LogP contribution in [0.1, 0.15) is 64.8 Å². The first-order valence-electron chi connectivity index (χ1n) is 20.0. The molecule has 2 heteroatoms. The number of hydrogen-bond donors (Lipinski definition) is 1. The Morgan fingerprint density at radius 2 is 1.39 bits per heavy atom. The average molecular weight is 699 g/mol. The van der Waals surface area contributed by atoms with E-state index < -0.39 is 0 Å². The van der Waals surface area contributed by atoms with E-state index in [0.29, 0.717) is 12.0 Å². The normalized spacial score (nSPS) is 16.8. The van der Waals surface area contributed by atoms with Gasteiger partial charge < -0.3 is 9.88 Å². The van der Waals surface area contributed by atoms with Crippen LogP contribution in [0.3, 0.4) is 0 Å². The lowest BCUT2D eigenvalue weighted by Gasteiger charge is -2.29. The van der Waals surface area contributed by atoms with E-state index in [4.69, 9.17) is 0 Å². The van der Waals surface area contributed by atoms with Crippen molar-refractivity contribution in [1.82, 2.24) is 9.88 Å². The Hall–Kier alpha value is -5.70. The molecule has 6 aromatic carbocycles. The molecule has 2 atom stereocenters. The molecule has 1 heterocycles. The summed E-state index contributed by atoms with van der Waals surface area (Å²) in [6.07, 6.45) is 24.0. The Balaban J connectivity index is 0.999. The number of nitrogens with zero attached hydrogens (tertiary/aromatic N) is 1. The first kappa shape index (κ1) is 32.9. The lowest BCUT2D eigenvalue weighted by Crippen LogP contribution is -2.36. The van der Waals surface area contributed by atoms with Gasteiger partial charge in [0.2, 0.25) is 0 Å². The molecule has 54 heavy (non-hydrogen) atoms. The van der Waals surface area contributed by atoms with Crippen LogP contribution in [0.2, 0.25) is 0 Å². The molecule has 0 amide bonds. The van der Waals surface area contributed by atoms with E-state index in [9.17, 15) is 0 Å². The van der Waals surface area contributed by atoms with Crippen molar-refractivity contribution in [2.24, 2.45) is 5.92 Å². The summed E-state index contributed by atoms with van der Waals surface area (Å²) in [7, 11) is 0. The summed E-state index contributed by atoms with van der Waals surface area (Å²) in [5.74, 6) is 0.432. The van der Waals surface area contributed by atoms with Crippen molar-refractivity contribution in [3.63, 3.8) is 0 Å². The quantitative estimate of drug-likeness (QED) is 0.149. The van der Waals surface area contributed by atoms with Crippen molar-refractivity contribution >= 4 is 50.2 Å². The number of benzene rings is 6. The largest absolute Gasteiger partial charge is 0.309 e. The van der Waals surface area contributed by atoms with E-state index in [1.807, 2.05) is 0 Å². The fraction of sp³-hybridized carbons (Fsp3) is 0.192. The molecule has 7 aromatic rings. The van der Waals surface area contributed by atoms with Gasteiger partial charge in [-0.15, -0.1) is 0 Å². The Kier molecular flexibility index (Phi) is 8.70. The molecule has 3 aliphatic rings. The second kappa shape index (κ2) is 14.3. The van der Waals surface area contributed by atoms with E-state index in [1.54, 1.807) is 0 Å². The third-order valence-corrected chi connectivity index (χ3v) is 12.2. The summed E-state index contributed by atoms with van der Waals surface area (Å²) in [4.78, 5) is 0. The van der Waals surface area contributed by atoms with Crippen LogP contribution in [-0.2, 0) is 25.8 Å². The van der Waals surface area contributed by atoms with Gasteiger partial charge in [0.25, 0.3) is 0 Å². The smallest absolute Gasteiger partial charge is 0.0622 e. The zero-order chi connectivity index (χ0) is 35.8. The molecule has 0 radical (unpaired) electrons. The highest BCUT2D eigenvalue weighted by Gasteiger charge is 2.26. The second-order valence-corrected chi connectivity index (χ2v) is 15.4. The highest BCUT2D eigenvalue weighted by Crippen LogP contribution is 2.45. The SMILES string of the molecule is C1=CC(C(CCc2ccccc2)NCc2ccc(-n3c4c(c5c6c7c(ccc6c6ccccc6c53)C=CCC7)CCC=C4)cc2)CC(c2ccccc2)=C1. The van der Waals surface area contributed by atoms with Gasteiger partial charge >= 0.3 is 0 Å². The third-order valence-electron chi connectivity index (χ3n) is 12.2. The number of rotatable bonds is 9. The zero-order valence-electron chi connectivity index (χ0n) is 30.8. The average Bonchev–Trinajstić information content (AvgIpc) is 3.60. The molecule has 0 saturated carbocycles. The van der Waals surface area contributed by atoms with Crippen LogP contribution in [0.25, 0.3) is 55.9 Å². The third kappa shape index (κ3) is 5.96. The van der Waals surface area contributed by atoms with Gasteiger partial charge in [0.05, 0.1) is 5.52 Å². The van der Waals surface area contributed by atoms with Gasteiger partial charge in [-0.2, -0.15) is 0 Å². The first-order valence-corrected chi connectivity index (χ1v) is 20.0. The summed E-state index contributed by atoms with van der Waals surface area (Å²) in [6.45, 7) is 0.839. The van der Waals surface area contributed by atoms with Crippen molar-refractivity contribution in [3.8, 4) is 5.69 Å². The Bertz CT molecular complexity index is 2620. The maximum Gasteiger partial charge on any atom is 0.0622 e. The van der Waals surface area contributed by atoms with Crippen LogP contribution >= 0.6 is 0 Å². The van der Waals surface area contributed by atoms with Gasteiger partial charge in [0.15, 0.2) is 0 Å². The van der Waals surface area contributed by atoms with Crippen molar-refractivity contribution < 1.29 is 0 Å². The number of aryl methyl sites for hydroxylation is 3. The van der Waals surface area contributed by atoms with E-state index >= 15 is 0 Å². The van der Waals surface area contributed by atoms with Crippen LogP contribution in [0.4, 0.5) is 0 Å². The van der Waals surface area contributed by atoms with Gasteiger partial charge in [-0.05, 0) is 124 Å². The molecule has 0 bridgehead atoms. The molecule has 0 fully saturated rings. The number of aromatic nitrogens is 1. The van der Waals surface area contributed by atoms with E-state index in [1.165, 1.54) is 82.8 Å². The van der Waals surface area contributed by atoms with Gasteiger partial charge in [-0.25, -0.2) is 0 Å². The van der Waals surface area contributed by atoms with Crippen LogP contribution in [-0.4, -0.2) is 10.6 Å². The van der Waals surface area contributed by atoms with Crippen LogP contribution in [0, 0.1) is 5.92 Å². The van der Waals surface area contributed by atoms with Gasteiger partial charge in [0.1, 0.15) is 0 Å². The maximum atomic E-state index is 4.05. The number of nitrogens with one attached hydrogen (secondary N) is 1. The molecular formula is C52H46N2. The summed E-state index contributed by atoms with van der Waals surface area (Å²) in [5, 5.41) is 11.1. The zero-order valence-corrected chi connectivity index (χ0v) is 30.8. The fourth-order valence-electron chi connectivity index (χ4n) is 9.54. The van der Waals surface area contributed by atoms with Crippen molar-refractivity contribution in [2.45, 2.75) is 57.5 Å². The molecule has 10 rings (SSSR count). The summed E-state index contributed by atoms with van der Waals surface area (Å²) in [6, 6.07) is 45.4. The molecule has 2 nitrogen and oxygen atoms in total. The Morgan fingerprint density at radius 1 is 0.648 bits per heavy atom. The lowest BCUT2D eigenvalue weighted by molar-refractivity contribution is 0.386. The number of hydrogen-bond acceptors (Lipinski definition) is 1. The molecule has 0 spiro atoms. The molecule has 3 aliphatic carbocycles. The second-order valence-electron chi connectivity index (χ2n) is 15.4. The van der Waals surface area contributed by atoms with Crippen molar-refractivity contribution in [1.29, 1.82) is 0 Å². The predicted molar refractivity (Wildman–Crippen MR) is 230 cm³/mol. The molecular weight excluding hydrogens is 653 g/mol. The minimum Gasteiger partial charge on any atom is -0.309 e. The summed E-state index contributed by atoms with van der Waals surface area (Å²) in [5.41, 5.74) is 13.8. The van der Waals surface area contributed by atoms with E-state index in [0.717, 1.165) is 51.5 Å². The van der Waals surface area contributed by atoms with Gasteiger partial charge in [-0.1, -0.05) is 146 Å². The monoisotopic (exact) mass is 698 g/mol. The highest BCUT2D eigenvalue weighted by atomic mass is 15.0. The molecule has 264 valence electrons. The van der Waals surface area contributed by atoms with Crippen molar-refractivity contribution in [2.75, 3.05) is 0 Å². The topological polar surface area (TPSA) is 17.0 Å². The Morgan fingerprint density at radius 3 is 2.22 bits per heavy atom. The molecule has 2 unspecified atom stereocenters. The first-order chi connectivity index (χ1) is 26.8. The lowest BCUT2D eigenvalue weighted by atomic mass is 9.83. The standard InChI is InChI=1S/C52H46N2/c1-3-14-36(15-4-1)28-33-48(41-20-13-19-40(34-41)38-16-5-2-6-17-38)53-35-37-26-30-42(31-27-37)54-49-25-12-11-24-47(49)51-50-43-21-8-7-18-39(43)29-32-45(50)44-22-9-10-23-46(44)52(51)54/h1-7,9-10,12-20,22-23,25-27,29-32,41,48,53H,8,11,21,24,28,33-35H2. The molecule has 1 aromatic heterocycles. The van der Waals surface area contributed by atoms with E-state index in [2.05, 4.69) is 174 Å². The number of fused-ring (bicyclic) bond motifs is 10. The minimum atomic E-state index is 0.361. The summed E-state index contributed by atoms with van der Waals surface area (Å²) >= 11 is 0.